The quantitative estimate of drug-likeness (QED) is 0.193. The molecule has 8 aromatic carbocycles. The molecule has 9 aromatic rings. The molecule has 0 amide bonds. The summed E-state index contributed by atoms with van der Waals surface area (Å²) >= 11 is 0. The van der Waals surface area contributed by atoms with Crippen LogP contribution in [0.4, 0.5) is 22.7 Å². The van der Waals surface area contributed by atoms with Gasteiger partial charge in [0.15, 0.2) is 6.23 Å². The largest absolute Gasteiger partial charge is 0.464 e. The summed E-state index contributed by atoms with van der Waals surface area (Å²) in [7, 11) is 0. The maximum absolute atomic E-state index is 6.56. The van der Waals surface area contributed by atoms with Crippen LogP contribution in [0.3, 0.4) is 0 Å². The molecule has 0 bridgehead atoms. The van der Waals surface area contributed by atoms with E-state index in [1.165, 1.54) is 21.8 Å². The second-order valence-corrected chi connectivity index (χ2v) is 13.0. The normalized spacial score (nSPS) is 13.6. The Morgan fingerprint density at radius 3 is 2.06 bits per heavy atom. The van der Waals surface area contributed by atoms with E-state index in [-0.39, 0.29) is 6.23 Å². The molecular weight excluding hydrogens is 623 g/mol. The van der Waals surface area contributed by atoms with Crippen LogP contribution in [0.15, 0.2) is 188 Å². The van der Waals surface area contributed by atoms with Crippen molar-refractivity contribution in [2.45, 2.75) is 6.23 Å². The van der Waals surface area contributed by atoms with E-state index in [0.29, 0.717) is 0 Å². The zero-order valence-electron chi connectivity index (χ0n) is 27.8. The lowest BCUT2D eigenvalue weighted by Crippen LogP contribution is -2.13. The maximum Gasteiger partial charge on any atom is 0.196 e. The minimum absolute atomic E-state index is 0.273. The summed E-state index contributed by atoms with van der Waals surface area (Å²) in [6.45, 7) is 0. The van der Waals surface area contributed by atoms with E-state index in [2.05, 4.69) is 197 Å². The van der Waals surface area contributed by atoms with Gasteiger partial charge in [0.05, 0.1) is 28.1 Å². The molecule has 1 aliphatic heterocycles. The van der Waals surface area contributed by atoms with Gasteiger partial charge in [-0.25, -0.2) is 0 Å². The molecule has 0 spiro atoms. The summed E-state index contributed by atoms with van der Waals surface area (Å²) in [6, 6.07) is 66.8. The fourth-order valence-corrected chi connectivity index (χ4v) is 7.73. The molecule has 0 saturated heterocycles. The topological polar surface area (TPSA) is 29.4 Å². The Kier molecular flexibility index (Phi) is 6.85. The van der Waals surface area contributed by atoms with E-state index in [1.807, 2.05) is 6.07 Å². The maximum atomic E-state index is 6.56. The average molecular weight is 656 g/mol. The van der Waals surface area contributed by atoms with E-state index in [4.69, 9.17) is 4.74 Å². The highest BCUT2D eigenvalue weighted by Gasteiger charge is 2.29. The van der Waals surface area contributed by atoms with Crippen LogP contribution in [0, 0.1) is 0 Å². The van der Waals surface area contributed by atoms with Crippen molar-refractivity contribution in [1.29, 1.82) is 0 Å². The third-order valence-electron chi connectivity index (χ3n) is 10.0. The summed E-state index contributed by atoms with van der Waals surface area (Å²) in [5, 5.41) is 8.43. The standard InChI is InChI=1S/C47H33N3O/c1-4-15-32(16-5-1)37-22-10-12-24-40(37)50(36-28-29-42-39(31-36)38-23-11-13-25-41(38)49(42)35-20-8-3-9-21-35)43-26-14-19-33-27-30-44-46(45(33)43)48-47(51-44)34-17-6-2-7-18-34/h1-31,47-48H. The Labute approximate surface area is 296 Å². The minimum atomic E-state index is -0.273. The zero-order valence-corrected chi connectivity index (χ0v) is 27.8. The summed E-state index contributed by atoms with van der Waals surface area (Å²) in [5.41, 5.74) is 11.1. The van der Waals surface area contributed by atoms with Crippen LogP contribution < -0.4 is 15.0 Å². The molecule has 1 unspecified atom stereocenters. The number of rotatable bonds is 6. The molecule has 0 fully saturated rings. The van der Waals surface area contributed by atoms with Crippen molar-refractivity contribution in [3.63, 3.8) is 0 Å². The van der Waals surface area contributed by atoms with Gasteiger partial charge in [0, 0.05) is 38.7 Å². The van der Waals surface area contributed by atoms with Gasteiger partial charge < -0.3 is 19.5 Å². The van der Waals surface area contributed by atoms with E-state index < -0.39 is 0 Å². The molecule has 0 aliphatic carbocycles. The molecule has 1 N–H and O–H groups in total. The molecule has 10 rings (SSSR count). The molecule has 0 saturated carbocycles. The molecule has 1 aliphatic rings. The first-order chi connectivity index (χ1) is 25.3. The van der Waals surface area contributed by atoms with E-state index in [0.717, 1.165) is 61.6 Å². The number of hydrogen-bond donors (Lipinski definition) is 1. The molecule has 1 aromatic heterocycles. The second-order valence-electron chi connectivity index (χ2n) is 13.0. The first kappa shape index (κ1) is 29.2. The van der Waals surface area contributed by atoms with Gasteiger partial charge in [0.1, 0.15) is 5.75 Å². The predicted octanol–water partition coefficient (Wildman–Crippen LogP) is 12.6. The Balaban J connectivity index is 1.24. The average Bonchev–Trinajstić information content (AvgIpc) is 3.79. The first-order valence-corrected chi connectivity index (χ1v) is 17.4. The van der Waals surface area contributed by atoms with Crippen LogP contribution in [0.5, 0.6) is 5.75 Å². The van der Waals surface area contributed by atoms with Crippen molar-refractivity contribution in [1.82, 2.24) is 4.57 Å². The van der Waals surface area contributed by atoms with Crippen molar-refractivity contribution in [2.75, 3.05) is 10.2 Å². The lowest BCUT2D eigenvalue weighted by Gasteiger charge is -2.29. The fraction of sp³-hybridized carbons (Fsp3) is 0.0213. The monoisotopic (exact) mass is 655 g/mol. The van der Waals surface area contributed by atoms with Gasteiger partial charge in [-0.15, -0.1) is 0 Å². The number of aromatic nitrogens is 1. The number of nitrogens with zero attached hydrogens (tertiary/aromatic N) is 2. The Hall–Kier alpha value is -6.78. The Morgan fingerprint density at radius 1 is 0.529 bits per heavy atom. The number of para-hydroxylation sites is 3. The lowest BCUT2D eigenvalue weighted by molar-refractivity contribution is 0.260. The lowest BCUT2D eigenvalue weighted by atomic mass is 9.99. The fourth-order valence-electron chi connectivity index (χ4n) is 7.73. The highest BCUT2D eigenvalue weighted by Crippen LogP contribution is 2.50. The van der Waals surface area contributed by atoms with Crippen LogP contribution in [0.2, 0.25) is 0 Å². The van der Waals surface area contributed by atoms with E-state index in [1.54, 1.807) is 0 Å². The first-order valence-electron chi connectivity index (χ1n) is 17.4. The molecule has 4 heteroatoms. The summed E-state index contributed by atoms with van der Waals surface area (Å²) in [6.07, 6.45) is -0.273. The van der Waals surface area contributed by atoms with Gasteiger partial charge in [-0.05, 0) is 65.5 Å². The third kappa shape index (κ3) is 4.84. The zero-order chi connectivity index (χ0) is 33.7. The Morgan fingerprint density at radius 2 is 1.22 bits per heavy atom. The van der Waals surface area contributed by atoms with E-state index >= 15 is 0 Å². The van der Waals surface area contributed by atoms with Gasteiger partial charge in [-0.1, -0.05) is 133 Å². The van der Waals surface area contributed by atoms with E-state index in [9.17, 15) is 0 Å². The molecule has 1 atom stereocenters. The van der Waals surface area contributed by atoms with Gasteiger partial charge in [-0.3, -0.25) is 0 Å². The SMILES string of the molecule is c1ccc(-c2ccccc2N(c2ccc3c(c2)c2ccccc2n3-c2ccccc2)c2cccc3ccc4c(c23)NC(c2ccccc2)O4)cc1. The summed E-state index contributed by atoms with van der Waals surface area (Å²) < 4.78 is 8.93. The minimum Gasteiger partial charge on any atom is -0.464 e. The molecular formula is C47H33N3O. The van der Waals surface area contributed by atoms with Gasteiger partial charge >= 0.3 is 0 Å². The number of fused-ring (bicyclic) bond motifs is 6. The summed E-state index contributed by atoms with van der Waals surface area (Å²) in [5.74, 6) is 0.849. The van der Waals surface area contributed by atoms with Crippen LogP contribution >= 0.6 is 0 Å². The van der Waals surface area contributed by atoms with Crippen LogP contribution in [0.1, 0.15) is 11.8 Å². The molecule has 2 heterocycles. The van der Waals surface area contributed by atoms with Crippen LogP contribution in [-0.2, 0) is 0 Å². The molecule has 51 heavy (non-hydrogen) atoms. The van der Waals surface area contributed by atoms with Crippen LogP contribution in [-0.4, -0.2) is 4.57 Å². The number of hydrogen-bond acceptors (Lipinski definition) is 3. The van der Waals surface area contributed by atoms with Crippen LogP contribution in [0.25, 0.3) is 49.4 Å². The molecule has 0 radical (unpaired) electrons. The second kappa shape index (κ2) is 12.0. The van der Waals surface area contributed by atoms with Crippen molar-refractivity contribution in [2.24, 2.45) is 0 Å². The number of anilines is 4. The number of nitrogens with one attached hydrogen (secondary N) is 1. The predicted molar refractivity (Wildman–Crippen MR) is 212 cm³/mol. The van der Waals surface area contributed by atoms with Crippen molar-refractivity contribution < 1.29 is 4.74 Å². The third-order valence-corrected chi connectivity index (χ3v) is 10.0. The Bertz CT molecular complexity index is 2700. The van der Waals surface area contributed by atoms with Crippen molar-refractivity contribution in [3.8, 4) is 22.6 Å². The highest BCUT2D eigenvalue weighted by atomic mass is 16.5. The number of ether oxygens (including phenoxy) is 1. The van der Waals surface area contributed by atoms with Gasteiger partial charge in [-0.2, -0.15) is 0 Å². The summed E-state index contributed by atoms with van der Waals surface area (Å²) in [4.78, 5) is 2.43. The van der Waals surface area contributed by atoms with Crippen molar-refractivity contribution >= 4 is 55.3 Å². The smallest absolute Gasteiger partial charge is 0.196 e. The van der Waals surface area contributed by atoms with Gasteiger partial charge in [0.2, 0.25) is 0 Å². The number of benzene rings is 8. The van der Waals surface area contributed by atoms with Gasteiger partial charge in [0.25, 0.3) is 0 Å². The van der Waals surface area contributed by atoms with Crippen molar-refractivity contribution in [3.05, 3.63) is 194 Å². The molecule has 4 nitrogen and oxygen atoms in total. The molecule has 242 valence electrons. The highest BCUT2D eigenvalue weighted by molar-refractivity contribution is 6.13.